The van der Waals surface area contributed by atoms with Gasteiger partial charge in [0.25, 0.3) is 5.69 Å². The van der Waals surface area contributed by atoms with Crippen molar-refractivity contribution >= 4 is 16.9 Å². The first kappa shape index (κ1) is 20.5. The van der Waals surface area contributed by atoms with Crippen LogP contribution in [0.3, 0.4) is 0 Å². The molecule has 3 heterocycles. The van der Waals surface area contributed by atoms with E-state index in [-0.39, 0.29) is 19.1 Å². The predicted octanol–water partition coefficient (Wildman–Crippen LogP) is 1.32. The van der Waals surface area contributed by atoms with Crippen LogP contribution in [0.25, 0.3) is 22.3 Å². The molecule has 0 spiro atoms. The summed E-state index contributed by atoms with van der Waals surface area (Å²) in [6.45, 7) is 3.87. The summed E-state index contributed by atoms with van der Waals surface area (Å²) >= 11 is 0. The number of nitrogens with two attached hydrogens (primary N) is 1. The predicted molar refractivity (Wildman–Crippen MR) is 113 cm³/mol. The lowest BCUT2D eigenvalue weighted by molar-refractivity contribution is -0.916. The van der Waals surface area contributed by atoms with Crippen molar-refractivity contribution in [1.29, 1.82) is 0 Å². The molecule has 0 amide bonds. The van der Waals surface area contributed by atoms with E-state index in [9.17, 15) is 10.3 Å². The van der Waals surface area contributed by atoms with E-state index in [0.717, 1.165) is 10.1 Å². The Hall–Kier alpha value is -3.79. The Labute approximate surface area is 178 Å². The van der Waals surface area contributed by atoms with Gasteiger partial charge in [-0.25, -0.2) is 14.6 Å². The van der Waals surface area contributed by atoms with E-state index < -0.39 is 5.41 Å². The molecule has 31 heavy (non-hydrogen) atoms. The molecule has 0 atom stereocenters. The Kier molecular flexibility index (Phi) is 5.15. The average molecular weight is 422 g/mol. The van der Waals surface area contributed by atoms with Gasteiger partial charge in [0.1, 0.15) is 29.2 Å². The largest absolute Gasteiger partial charge is 0.494 e. The summed E-state index contributed by atoms with van der Waals surface area (Å²) in [5, 5.41) is 29.5. The molecule has 0 radical (unpaired) electrons. The van der Waals surface area contributed by atoms with Crippen LogP contribution in [0.15, 0.2) is 42.6 Å². The summed E-state index contributed by atoms with van der Waals surface area (Å²) in [6, 6.07) is 10.9. The summed E-state index contributed by atoms with van der Waals surface area (Å²) in [5.74, 6) is 0.693. The van der Waals surface area contributed by atoms with Gasteiger partial charge < -0.3 is 15.6 Å². The summed E-state index contributed by atoms with van der Waals surface area (Å²) in [6.07, 6.45) is 1.73. The molecule has 10 heteroatoms. The first-order valence-corrected chi connectivity index (χ1v) is 9.69. The molecule has 4 rings (SSSR count). The van der Waals surface area contributed by atoms with Crippen LogP contribution in [-0.4, -0.2) is 49.0 Å². The third-order valence-electron chi connectivity index (χ3n) is 5.16. The van der Waals surface area contributed by atoms with Crippen molar-refractivity contribution in [3.8, 4) is 17.1 Å². The Morgan fingerprint density at radius 2 is 1.94 bits per heavy atom. The molecule has 0 fully saturated rings. The molecule has 4 aromatic rings. The Morgan fingerprint density at radius 1 is 1.16 bits per heavy atom. The average Bonchev–Trinajstić information content (AvgIpc) is 3.22. The van der Waals surface area contributed by atoms with Crippen molar-refractivity contribution in [3.63, 3.8) is 0 Å². The zero-order chi connectivity index (χ0) is 22.2. The van der Waals surface area contributed by atoms with Crippen molar-refractivity contribution in [2.24, 2.45) is 0 Å². The van der Waals surface area contributed by atoms with E-state index >= 15 is 0 Å². The second-order valence-corrected chi connectivity index (χ2v) is 7.84. The van der Waals surface area contributed by atoms with Gasteiger partial charge in [-0.3, -0.25) is 5.21 Å². The first-order valence-electron chi connectivity index (χ1n) is 9.69. The number of aliphatic hydroxyl groups excluding tert-OH is 1. The number of aromatic nitrogens is 6. The lowest BCUT2D eigenvalue weighted by Gasteiger charge is -2.17. The normalized spacial score (nSPS) is 11.7. The monoisotopic (exact) mass is 422 g/mol. The van der Waals surface area contributed by atoms with Crippen LogP contribution >= 0.6 is 0 Å². The molecule has 0 bridgehead atoms. The molecule has 0 saturated carbocycles. The molecule has 4 N–H and O–H groups in total. The van der Waals surface area contributed by atoms with Gasteiger partial charge in [-0.1, -0.05) is 17.3 Å². The smallest absolute Gasteiger partial charge is 0.255 e. The zero-order valence-electron chi connectivity index (χ0n) is 17.5. The van der Waals surface area contributed by atoms with Gasteiger partial charge >= 0.3 is 0 Å². The maximum absolute atomic E-state index is 10.7. The second kappa shape index (κ2) is 7.80. The molecular formula is C21H24N7O3+. The number of aliphatic hydroxyl groups is 1. The van der Waals surface area contributed by atoms with Crippen molar-refractivity contribution in [2.45, 2.75) is 25.8 Å². The standard InChI is InChI=1S/C21H24N7O3/c1-21(2,12-29)17-9-4-6-13(28(17)30)10-27-11-15(25-26-27)18-14-7-5-8-16(31-3)19(14)24-20(22)23-18/h4-9,11,29-30H,10,12H2,1-3H3,(H2,22,23,24)/q+1. The summed E-state index contributed by atoms with van der Waals surface area (Å²) in [7, 11) is 1.57. The fraction of sp³-hybridized carbons (Fsp3) is 0.286. The number of fused-ring (bicyclic) bond motifs is 1. The van der Waals surface area contributed by atoms with Crippen LogP contribution in [0, 0.1) is 0 Å². The molecule has 3 aromatic heterocycles. The van der Waals surface area contributed by atoms with Crippen LogP contribution < -0.4 is 15.2 Å². The number of rotatable bonds is 6. The number of hydrogen-bond donors (Lipinski definition) is 3. The molecule has 0 aliphatic rings. The number of nitrogens with zero attached hydrogens (tertiary/aromatic N) is 6. The number of benzene rings is 1. The van der Waals surface area contributed by atoms with E-state index in [2.05, 4.69) is 20.3 Å². The number of nitrogen functional groups attached to an aromatic ring is 1. The molecule has 0 aliphatic carbocycles. The van der Waals surface area contributed by atoms with E-state index in [0.29, 0.717) is 34.0 Å². The van der Waals surface area contributed by atoms with Gasteiger partial charge in [-0.15, -0.1) is 5.10 Å². The number of hydrogen-bond acceptors (Lipinski definition) is 8. The minimum atomic E-state index is -0.602. The Morgan fingerprint density at radius 3 is 2.68 bits per heavy atom. The summed E-state index contributed by atoms with van der Waals surface area (Å²) in [4.78, 5) is 8.64. The molecule has 0 aliphatic heterocycles. The number of pyridine rings is 1. The van der Waals surface area contributed by atoms with Crippen molar-refractivity contribution < 1.29 is 19.8 Å². The molecule has 1 aromatic carbocycles. The van der Waals surface area contributed by atoms with Crippen molar-refractivity contribution in [2.75, 3.05) is 19.5 Å². The number of anilines is 1. The minimum Gasteiger partial charge on any atom is -0.494 e. The van der Waals surface area contributed by atoms with Gasteiger partial charge in [0, 0.05) is 22.2 Å². The molecule has 160 valence electrons. The third-order valence-corrected chi connectivity index (χ3v) is 5.16. The SMILES string of the molecule is COc1cccc2c(-c3cn(Cc4cccc(C(C)(C)CO)[n+]4O)nn3)nc(N)nc12. The maximum Gasteiger partial charge on any atom is 0.255 e. The quantitative estimate of drug-likeness (QED) is 0.313. The third kappa shape index (κ3) is 3.73. The van der Waals surface area contributed by atoms with E-state index in [4.69, 9.17) is 10.5 Å². The van der Waals surface area contributed by atoms with Crippen LogP contribution in [0.4, 0.5) is 5.95 Å². The van der Waals surface area contributed by atoms with Gasteiger partial charge in [-0.2, -0.15) is 0 Å². The van der Waals surface area contributed by atoms with Crippen LogP contribution in [0.1, 0.15) is 25.2 Å². The molecule has 0 unspecified atom stereocenters. The van der Waals surface area contributed by atoms with E-state index in [1.165, 1.54) is 0 Å². The lowest BCUT2D eigenvalue weighted by atomic mass is 9.90. The highest BCUT2D eigenvalue weighted by Gasteiger charge is 2.32. The Balaban J connectivity index is 1.72. The van der Waals surface area contributed by atoms with Gasteiger partial charge in [-0.05, 0) is 26.0 Å². The number of ether oxygens (including phenoxy) is 1. The molecular weight excluding hydrogens is 398 g/mol. The zero-order valence-corrected chi connectivity index (χ0v) is 17.5. The molecule has 0 saturated heterocycles. The topological polar surface area (TPSA) is 136 Å². The fourth-order valence-electron chi connectivity index (χ4n) is 3.41. The highest BCUT2D eigenvalue weighted by Crippen LogP contribution is 2.30. The van der Waals surface area contributed by atoms with Gasteiger partial charge in [0.15, 0.2) is 0 Å². The number of methoxy groups -OCH3 is 1. The van der Waals surface area contributed by atoms with E-state index in [1.807, 2.05) is 32.0 Å². The number of para-hydroxylation sites is 1. The van der Waals surface area contributed by atoms with Crippen LogP contribution in [-0.2, 0) is 12.0 Å². The minimum absolute atomic E-state index is 0.101. The first-order chi connectivity index (χ1) is 14.8. The van der Waals surface area contributed by atoms with Gasteiger partial charge in [0.05, 0.1) is 25.3 Å². The summed E-state index contributed by atoms with van der Waals surface area (Å²) in [5.41, 5.74) is 8.14. The van der Waals surface area contributed by atoms with Crippen LogP contribution in [0.5, 0.6) is 5.75 Å². The second-order valence-electron chi connectivity index (χ2n) is 7.84. The van der Waals surface area contributed by atoms with E-state index in [1.54, 1.807) is 36.2 Å². The highest BCUT2D eigenvalue weighted by atomic mass is 16.5. The summed E-state index contributed by atoms with van der Waals surface area (Å²) < 4.78 is 8.06. The fourth-order valence-corrected chi connectivity index (χ4v) is 3.41. The highest BCUT2D eigenvalue weighted by molar-refractivity contribution is 5.95. The van der Waals surface area contributed by atoms with Crippen molar-refractivity contribution in [3.05, 3.63) is 54.0 Å². The lowest BCUT2D eigenvalue weighted by Crippen LogP contribution is -2.46. The maximum atomic E-state index is 10.7. The Bertz CT molecular complexity index is 1250. The van der Waals surface area contributed by atoms with Crippen molar-refractivity contribution in [1.82, 2.24) is 25.0 Å². The van der Waals surface area contributed by atoms with Crippen LogP contribution in [0.2, 0.25) is 0 Å². The van der Waals surface area contributed by atoms with Gasteiger partial charge in [0.2, 0.25) is 11.6 Å². The molecule has 10 nitrogen and oxygen atoms in total.